The summed E-state index contributed by atoms with van der Waals surface area (Å²) in [7, 11) is 0. The fraction of sp³-hybridized carbons (Fsp3) is 0.389. The number of carbonyl (C=O) groups is 2. The van der Waals surface area contributed by atoms with Crippen molar-refractivity contribution in [3.8, 4) is 5.75 Å². The molecule has 6 nitrogen and oxygen atoms in total. The zero-order chi connectivity index (χ0) is 17.9. The quantitative estimate of drug-likeness (QED) is 0.873. The lowest BCUT2D eigenvalue weighted by Crippen LogP contribution is -2.43. The number of nitrogens with zero attached hydrogens (tertiary/aromatic N) is 1. The van der Waals surface area contributed by atoms with Gasteiger partial charge < -0.3 is 14.8 Å². The lowest BCUT2D eigenvalue weighted by atomic mass is 10.1. The summed E-state index contributed by atoms with van der Waals surface area (Å²) in [6, 6.07) is 6.65. The number of aryl methyl sites for hydroxylation is 1. The Hall–Kier alpha value is -2.63. The van der Waals surface area contributed by atoms with Crippen molar-refractivity contribution < 1.29 is 19.1 Å². The van der Waals surface area contributed by atoms with Crippen LogP contribution in [0.15, 0.2) is 30.5 Å². The van der Waals surface area contributed by atoms with Gasteiger partial charge in [0.15, 0.2) is 5.75 Å². The Morgan fingerprint density at radius 2 is 1.88 bits per heavy atom. The SMILES string of the molecule is Cc1ncc2ccccc2c1OC(=O)[C@H](C)NC(=O)OC(C)(C)C. The van der Waals surface area contributed by atoms with Gasteiger partial charge in [-0.1, -0.05) is 24.3 Å². The highest BCUT2D eigenvalue weighted by Crippen LogP contribution is 2.27. The van der Waals surface area contributed by atoms with Crippen molar-refractivity contribution in [2.75, 3.05) is 0 Å². The summed E-state index contributed by atoms with van der Waals surface area (Å²) in [5.41, 5.74) is -0.0318. The minimum atomic E-state index is -0.849. The molecule has 1 aromatic carbocycles. The van der Waals surface area contributed by atoms with E-state index in [0.29, 0.717) is 11.4 Å². The maximum absolute atomic E-state index is 12.3. The van der Waals surface area contributed by atoms with Gasteiger partial charge in [0.1, 0.15) is 11.6 Å². The third kappa shape index (κ3) is 4.44. The van der Waals surface area contributed by atoms with E-state index in [1.807, 2.05) is 24.3 Å². The Balaban J connectivity index is 2.12. The first kappa shape index (κ1) is 17.7. The number of hydrogen-bond acceptors (Lipinski definition) is 5. The molecule has 2 aromatic rings. The van der Waals surface area contributed by atoms with E-state index in [9.17, 15) is 9.59 Å². The molecule has 1 aromatic heterocycles. The van der Waals surface area contributed by atoms with Crippen molar-refractivity contribution in [1.29, 1.82) is 0 Å². The van der Waals surface area contributed by atoms with Crippen LogP contribution in [-0.2, 0) is 9.53 Å². The van der Waals surface area contributed by atoms with Crippen molar-refractivity contribution in [1.82, 2.24) is 10.3 Å². The van der Waals surface area contributed by atoms with Gasteiger partial charge in [0.05, 0.1) is 5.69 Å². The summed E-state index contributed by atoms with van der Waals surface area (Å²) >= 11 is 0. The molecule has 0 unspecified atom stereocenters. The molecular formula is C18H22N2O4. The van der Waals surface area contributed by atoms with Crippen molar-refractivity contribution in [3.05, 3.63) is 36.2 Å². The van der Waals surface area contributed by atoms with Crippen molar-refractivity contribution in [3.63, 3.8) is 0 Å². The monoisotopic (exact) mass is 330 g/mol. The second kappa shape index (κ2) is 6.86. The minimum Gasteiger partial charge on any atom is -0.444 e. The van der Waals surface area contributed by atoms with Crippen LogP contribution in [0, 0.1) is 6.92 Å². The van der Waals surface area contributed by atoms with Gasteiger partial charge in [-0.15, -0.1) is 0 Å². The molecule has 6 heteroatoms. The molecule has 128 valence electrons. The van der Waals surface area contributed by atoms with Crippen LogP contribution in [-0.4, -0.2) is 28.7 Å². The predicted molar refractivity (Wildman–Crippen MR) is 90.9 cm³/mol. The van der Waals surface area contributed by atoms with Crippen LogP contribution in [0.3, 0.4) is 0 Å². The molecule has 0 spiro atoms. The average molecular weight is 330 g/mol. The molecule has 0 aliphatic carbocycles. The van der Waals surface area contributed by atoms with Gasteiger partial charge in [-0.2, -0.15) is 0 Å². The third-order valence-electron chi connectivity index (χ3n) is 3.22. The summed E-state index contributed by atoms with van der Waals surface area (Å²) in [6.07, 6.45) is 1.06. The molecule has 0 saturated carbocycles. The normalized spacial score (nSPS) is 12.5. The molecule has 1 amide bonds. The largest absolute Gasteiger partial charge is 0.444 e. The van der Waals surface area contributed by atoms with E-state index in [2.05, 4.69) is 10.3 Å². The highest BCUT2D eigenvalue weighted by Gasteiger charge is 2.23. The third-order valence-corrected chi connectivity index (χ3v) is 3.22. The number of aromatic nitrogens is 1. The number of rotatable bonds is 3. The Morgan fingerprint density at radius 3 is 2.54 bits per heavy atom. The van der Waals surface area contributed by atoms with Gasteiger partial charge in [0, 0.05) is 17.0 Å². The number of amides is 1. The van der Waals surface area contributed by atoms with E-state index >= 15 is 0 Å². The molecule has 0 radical (unpaired) electrons. The number of ether oxygens (including phenoxy) is 2. The van der Waals surface area contributed by atoms with Crippen molar-refractivity contribution in [2.45, 2.75) is 46.3 Å². The van der Waals surface area contributed by atoms with Gasteiger partial charge in [0.2, 0.25) is 0 Å². The van der Waals surface area contributed by atoms with Crippen LogP contribution in [0.25, 0.3) is 10.8 Å². The van der Waals surface area contributed by atoms with E-state index in [1.165, 1.54) is 0 Å². The Labute approximate surface area is 141 Å². The fourth-order valence-electron chi connectivity index (χ4n) is 2.10. The maximum Gasteiger partial charge on any atom is 0.408 e. The highest BCUT2D eigenvalue weighted by molar-refractivity contribution is 5.91. The number of benzene rings is 1. The molecule has 0 aliphatic rings. The second-order valence-corrected chi connectivity index (χ2v) is 6.55. The first-order valence-corrected chi connectivity index (χ1v) is 7.73. The molecule has 1 N–H and O–H groups in total. The summed E-state index contributed by atoms with van der Waals surface area (Å²) in [6.45, 7) is 8.56. The van der Waals surface area contributed by atoms with Crippen molar-refractivity contribution in [2.24, 2.45) is 0 Å². The number of hydrogen-bond donors (Lipinski definition) is 1. The van der Waals surface area contributed by atoms with E-state index in [-0.39, 0.29) is 0 Å². The molecule has 1 atom stereocenters. The first-order chi connectivity index (χ1) is 11.2. The van der Waals surface area contributed by atoms with Crippen LogP contribution in [0.1, 0.15) is 33.4 Å². The standard InChI is InChI=1S/C18H22N2O4/c1-11-15(14-9-7-6-8-13(14)10-19-11)23-16(21)12(2)20-17(22)24-18(3,4)5/h6-10,12H,1-5H3,(H,20,22)/t12-/m0/s1. The molecular weight excluding hydrogens is 308 g/mol. The molecule has 24 heavy (non-hydrogen) atoms. The van der Waals surface area contributed by atoms with Gasteiger partial charge in [-0.3, -0.25) is 4.98 Å². The summed E-state index contributed by atoms with van der Waals surface area (Å²) < 4.78 is 10.6. The highest BCUT2D eigenvalue weighted by atomic mass is 16.6. The predicted octanol–water partition coefficient (Wildman–Crippen LogP) is 3.36. The molecule has 0 saturated heterocycles. The lowest BCUT2D eigenvalue weighted by Gasteiger charge is -2.21. The average Bonchev–Trinajstić information content (AvgIpc) is 2.48. The van der Waals surface area contributed by atoms with Crippen LogP contribution in [0.2, 0.25) is 0 Å². The van der Waals surface area contributed by atoms with Gasteiger partial charge >= 0.3 is 12.1 Å². The zero-order valence-electron chi connectivity index (χ0n) is 14.5. The molecule has 0 fully saturated rings. The maximum atomic E-state index is 12.3. The molecule has 0 bridgehead atoms. The molecule has 1 heterocycles. The number of pyridine rings is 1. The lowest BCUT2D eigenvalue weighted by molar-refractivity contribution is -0.136. The van der Waals surface area contributed by atoms with Crippen LogP contribution in [0.5, 0.6) is 5.75 Å². The number of carbonyl (C=O) groups excluding carboxylic acids is 2. The van der Waals surface area contributed by atoms with Crippen molar-refractivity contribution >= 4 is 22.8 Å². The smallest absolute Gasteiger partial charge is 0.408 e. The Morgan fingerprint density at radius 1 is 1.21 bits per heavy atom. The number of nitrogens with one attached hydrogen (secondary N) is 1. The van der Waals surface area contributed by atoms with Gasteiger partial charge in [-0.05, 0) is 34.6 Å². The summed E-state index contributed by atoms with van der Waals surface area (Å²) in [4.78, 5) is 28.3. The molecule has 0 aliphatic heterocycles. The Bertz CT molecular complexity index is 765. The van der Waals surface area contributed by atoms with E-state index in [4.69, 9.17) is 9.47 Å². The fourth-order valence-corrected chi connectivity index (χ4v) is 2.10. The first-order valence-electron chi connectivity index (χ1n) is 7.73. The zero-order valence-corrected chi connectivity index (χ0v) is 14.5. The number of esters is 1. The van der Waals surface area contributed by atoms with Crippen LogP contribution in [0.4, 0.5) is 4.79 Å². The topological polar surface area (TPSA) is 77.5 Å². The number of fused-ring (bicyclic) bond motifs is 1. The summed E-state index contributed by atoms with van der Waals surface area (Å²) in [5.74, 6) is -0.182. The van der Waals surface area contributed by atoms with Gasteiger partial charge in [0.25, 0.3) is 0 Å². The van der Waals surface area contributed by atoms with E-state index < -0.39 is 23.7 Å². The Kier molecular flexibility index (Phi) is 5.07. The van der Waals surface area contributed by atoms with Crippen LogP contribution >= 0.6 is 0 Å². The summed E-state index contributed by atoms with van der Waals surface area (Å²) in [5, 5.41) is 4.14. The number of alkyl carbamates (subject to hydrolysis) is 1. The van der Waals surface area contributed by atoms with E-state index in [1.54, 1.807) is 40.8 Å². The van der Waals surface area contributed by atoms with Gasteiger partial charge in [-0.25, -0.2) is 9.59 Å². The van der Waals surface area contributed by atoms with Crippen LogP contribution < -0.4 is 10.1 Å². The minimum absolute atomic E-state index is 0.399. The van der Waals surface area contributed by atoms with E-state index in [0.717, 1.165) is 10.8 Å². The molecule has 2 rings (SSSR count). The second-order valence-electron chi connectivity index (χ2n) is 6.55.